The number of unbranched alkanes of at least 4 members (excludes halogenated alkanes) is 20. The van der Waals surface area contributed by atoms with Gasteiger partial charge in [0.15, 0.2) is 0 Å². The summed E-state index contributed by atoms with van der Waals surface area (Å²) in [5.74, 6) is 0. The molecule has 1 unspecified atom stereocenters. The van der Waals surface area contributed by atoms with Crippen molar-refractivity contribution in [3.8, 4) is 0 Å². The molecule has 0 aliphatic carbocycles. The number of hydrogen-bond acceptors (Lipinski definition) is 4. The smallest absolute Gasteiger partial charge is 0.0897 e. The van der Waals surface area contributed by atoms with Gasteiger partial charge in [0.2, 0.25) is 0 Å². The van der Waals surface area contributed by atoms with E-state index in [-0.39, 0.29) is 6.61 Å². The minimum atomic E-state index is -0.582. The molecule has 4 heteroatoms. The minimum absolute atomic E-state index is 0.125. The summed E-state index contributed by atoms with van der Waals surface area (Å²) in [4.78, 5) is 4.84. The second kappa shape index (κ2) is 24.5. The molecule has 0 amide bonds. The van der Waals surface area contributed by atoms with Gasteiger partial charge in [-0.1, -0.05) is 135 Å². The molecule has 0 spiro atoms. The summed E-state index contributed by atoms with van der Waals surface area (Å²) in [6, 6.07) is 0. The number of hydrogen-bond donors (Lipinski definition) is 2. The van der Waals surface area contributed by atoms with Crippen molar-refractivity contribution in [3.63, 3.8) is 0 Å². The van der Waals surface area contributed by atoms with Gasteiger partial charge in [-0.3, -0.25) is 4.90 Å². The monoisotopic (exact) mass is 482 g/mol. The lowest BCUT2D eigenvalue weighted by molar-refractivity contribution is 0.0393. The molecule has 1 atom stereocenters. The maximum atomic E-state index is 9.56. The molecule has 0 saturated carbocycles. The van der Waals surface area contributed by atoms with Crippen LogP contribution in [0.5, 0.6) is 0 Å². The topological polar surface area (TPSA) is 46.9 Å². The molecule has 1 aliphatic heterocycles. The Morgan fingerprint density at radius 3 is 1.18 bits per heavy atom. The quantitative estimate of drug-likeness (QED) is 0.135. The predicted octanol–water partition coefficient (Wildman–Crippen LogP) is 7.17. The summed E-state index contributed by atoms with van der Waals surface area (Å²) in [6.45, 7) is 8.28. The molecule has 1 heterocycles. The van der Waals surface area contributed by atoms with Gasteiger partial charge in [-0.2, -0.15) is 0 Å². The minimum Gasteiger partial charge on any atom is -0.394 e. The zero-order valence-corrected chi connectivity index (χ0v) is 23.2. The van der Waals surface area contributed by atoms with Crippen molar-refractivity contribution in [1.82, 2.24) is 9.80 Å². The number of rotatable bonds is 25. The van der Waals surface area contributed by atoms with E-state index in [9.17, 15) is 5.11 Å². The van der Waals surface area contributed by atoms with E-state index in [1.807, 2.05) is 0 Å². The summed E-state index contributed by atoms with van der Waals surface area (Å²) in [6.07, 6.45) is 29.7. The van der Waals surface area contributed by atoms with Crippen molar-refractivity contribution in [2.24, 2.45) is 0 Å². The Hall–Kier alpha value is -0.160. The van der Waals surface area contributed by atoms with Gasteiger partial charge in [0, 0.05) is 32.7 Å². The Morgan fingerprint density at radius 2 is 0.824 bits per heavy atom. The third kappa shape index (κ3) is 20.1. The number of piperazine rings is 1. The molecule has 4 nitrogen and oxygen atoms in total. The number of aliphatic hydroxyl groups is 2. The molecule has 0 aromatic rings. The molecule has 2 N–H and O–H groups in total. The van der Waals surface area contributed by atoms with Crippen molar-refractivity contribution in [2.45, 2.75) is 148 Å². The molecule has 34 heavy (non-hydrogen) atoms. The molecule has 0 radical (unpaired) electrons. The van der Waals surface area contributed by atoms with Crippen LogP contribution in [0.3, 0.4) is 0 Å². The summed E-state index contributed by atoms with van der Waals surface area (Å²) in [5.41, 5.74) is 0. The molecule has 1 rings (SSSR count). The standard InChI is InChI=1S/C30H62N2O2/c1-2-3-4-5-6-7-8-9-10-11-12-13-14-15-16-17-18-19-20-21-22-23-31-24-26-32(27-25-31)28-30(34)29-33/h30,33-34H,2-29H2,1H3. The highest BCUT2D eigenvalue weighted by molar-refractivity contribution is 4.74. The van der Waals surface area contributed by atoms with Crippen LogP contribution in [0.25, 0.3) is 0 Å². The highest BCUT2D eigenvalue weighted by Gasteiger charge is 2.18. The zero-order valence-electron chi connectivity index (χ0n) is 23.2. The Labute approximate surface area is 213 Å². The van der Waals surface area contributed by atoms with E-state index in [0.717, 1.165) is 26.2 Å². The third-order valence-electron chi connectivity index (χ3n) is 7.72. The van der Waals surface area contributed by atoms with E-state index < -0.39 is 6.10 Å². The first-order valence-electron chi connectivity index (χ1n) is 15.5. The second-order valence-corrected chi connectivity index (χ2v) is 11.0. The van der Waals surface area contributed by atoms with Gasteiger partial charge in [-0.05, 0) is 13.0 Å². The van der Waals surface area contributed by atoms with Gasteiger partial charge in [-0.25, -0.2) is 0 Å². The molecule has 0 aromatic carbocycles. The van der Waals surface area contributed by atoms with Gasteiger partial charge in [0.1, 0.15) is 0 Å². The van der Waals surface area contributed by atoms with Crippen molar-refractivity contribution in [2.75, 3.05) is 45.9 Å². The van der Waals surface area contributed by atoms with Crippen LogP contribution in [0.4, 0.5) is 0 Å². The molecule has 0 bridgehead atoms. The maximum absolute atomic E-state index is 9.56. The van der Waals surface area contributed by atoms with Gasteiger partial charge in [0.25, 0.3) is 0 Å². The summed E-state index contributed by atoms with van der Waals surface area (Å²) >= 11 is 0. The summed E-state index contributed by atoms with van der Waals surface area (Å²) < 4.78 is 0. The number of aliphatic hydroxyl groups excluding tert-OH is 2. The first-order chi connectivity index (χ1) is 16.8. The van der Waals surface area contributed by atoms with Gasteiger partial charge in [-0.15, -0.1) is 0 Å². The van der Waals surface area contributed by atoms with Crippen LogP contribution in [-0.2, 0) is 0 Å². The molecule has 1 saturated heterocycles. The fourth-order valence-corrected chi connectivity index (χ4v) is 5.32. The number of nitrogens with zero attached hydrogens (tertiary/aromatic N) is 2. The van der Waals surface area contributed by atoms with E-state index in [4.69, 9.17) is 5.11 Å². The molecule has 1 fully saturated rings. The fourth-order valence-electron chi connectivity index (χ4n) is 5.32. The first-order valence-corrected chi connectivity index (χ1v) is 15.5. The van der Waals surface area contributed by atoms with Crippen LogP contribution in [0.1, 0.15) is 142 Å². The summed E-state index contributed by atoms with van der Waals surface area (Å²) in [5, 5.41) is 18.5. The Bertz CT molecular complexity index is 399. The first kappa shape index (κ1) is 31.9. The molecular formula is C30H62N2O2. The molecule has 1 aliphatic rings. The van der Waals surface area contributed by atoms with Crippen molar-refractivity contribution in [3.05, 3.63) is 0 Å². The van der Waals surface area contributed by atoms with Crippen molar-refractivity contribution in [1.29, 1.82) is 0 Å². The third-order valence-corrected chi connectivity index (χ3v) is 7.72. The zero-order chi connectivity index (χ0) is 24.5. The van der Waals surface area contributed by atoms with Crippen LogP contribution >= 0.6 is 0 Å². The van der Waals surface area contributed by atoms with Crippen LogP contribution in [-0.4, -0.2) is 72.0 Å². The van der Waals surface area contributed by atoms with Gasteiger partial charge in [0.05, 0.1) is 12.7 Å². The Kier molecular flexibility index (Phi) is 23.0. The van der Waals surface area contributed by atoms with Crippen LogP contribution < -0.4 is 0 Å². The van der Waals surface area contributed by atoms with E-state index in [0.29, 0.717) is 6.54 Å². The average molecular weight is 483 g/mol. The predicted molar refractivity (Wildman–Crippen MR) is 149 cm³/mol. The SMILES string of the molecule is CCCCCCCCCCCCCCCCCCCCCCCN1CCN(CC(O)CO)CC1. The lowest BCUT2D eigenvalue weighted by Crippen LogP contribution is -2.49. The van der Waals surface area contributed by atoms with Gasteiger partial charge >= 0.3 is 0 Å². The van der Waals surface area contributed by atoms with Crippen LogP contribution in [0, 0.1) is 0 Å². The molecule has 0 aromatic heterocycles. The highest BCUT2D eigenvalue weighted by atomic mass is 16.3. The number of β-amino-alcohol motifs (C(OH)–C–C–N with tert-alkyl or cyclic N) is 1. The Balaban J connectivity index is 1.70. The van der Waals surface area contributed by atoms with E-state index >= 15 is 0 Å². The van der Waals surface area contributed by atoms with E-state index in [1.165, 1.54) is 141 Å². The van der Waals surface area contributed by atoms with E-state index in [2.05, 4.69) is 16.7 Å². The van der Waals surface area contributed by atoms with Gasteiger partial charge < -0.3 is 15.1 Å². The van der Waals surface area contributed by atoms with Crippen molar-refractivity contribution < 1.29 is 10.2 Å². The largest absolute Gasteiger partial charge is 0.394 e. The average Bonchev–Trinajstić information content (AvgIpc) is 2.86. The normalized spacial score (nSPS) is 16.3. The summed E-state index contributed by atoms with van der Waals surface area (Å²) in [7, 11) is 0. The highest BCUT2D eigenvalue weighted by Crippen LogP contribution is 2.15. The Morgan fingerprint density at radius 1 is 0.500 bits per heavy atom. The van der Waals surface area contributed by atoms with Crippen molar-refractivity contribution >= 4 is 0 Å². The lowest BCUT2D eigenvalue weighted by Gasteiger charge is -2.35. The fraction of sp³-hybridized carbons (Fsp3) is 1.00. The second-order valence-electron chi connectivity index (χ2n) is 11.0. The molecule has 204 valence electrons. The van der Waals surface area contributed by atoms with Crippen LogP contribution in [0.15, 0.2) is 0 Å². The lowest BCUT2D eigenvalue weighted by atomic mass is 10.0. The van der Waals surface area contributed by atoms with E-state index in [1.54, 1.807) is 0 Å². The van der Waals surface area contributed by atoms with Crippen LogP contribution in [0.2, 0.25) is 0 Å². The maximum Gasteiger partial charge on any atom is 0.0897 e. The molecular weight excluding hydrogens is 420 g/mol.